The van der Waals surface area contributed by atoms with Crippen LogP contribution in [0.4, 0.5) is 5.69 Å². The van der Waals surface area contributed by atoms with Gasteiger partial charge in [0.15, 0.2) is 6.61 Å². The molecule has 0 fully saturated rings. The van der Waals surface area contributed by atoms with E-state index in [1.165, 1.54) is 7.11 Å². The van der Waals surface area contributed by atoms with Gasteiger partial charge in [0, 0.05) is 15.6 Å². The number of halogens is 2. The van der Waals surface area contributed by atoms with E-state index in [0.29, 0.717) is 22.2 Å². The van der Waals surface area contributed by atoms with Crippen molar-refractivity contribution in [1.29, 1.82) is 0 Å². The number of methoxy groups -OCH3 is 1. The molecule has 0 aromatic heterocycles. The first-order valence-electron chi connectivity index (χ1n) is 7.49. The van der Waals surface area contributed by atoms with E-state index in [0.717, 1.165) is 22.0 Å². The molecule has 128 valence electrons. The molecule has 0 aliphatic rings. The highest BCUT2D eigenvalue weighted by Gasteiger charge is 2.12. The molecule has 6 heteroatoms. The number of amides is 1. The molecule has 0 bridgehead atoms. The molecule has 0 radical (unpaired) electrons. The minimum absolute atomic E-state index is 0.0839. The van der Waals surface area contributed by atoms with Gasteiger partial charge in [0.05, 0.1) is 12.8 Å². The molecule has 0 atom stereocenters. The maximum absolute atomic E-state index is 12.2. The van der Waals surface area contributed by atoms with Crippen LogP contribution >= 0.6 is 27.5 Å². The van der Waals surface area contributed by atoms with Gasteiger partial charge >= 0.3 is 0 Å². The van der Waals surface area contributed by atoms with Gasteiger partial charge in [-0.2, -0.15) is 0 Å². The summed E-state index contributed by atoms with van der Waals surface area (Å²) in [5.74, 6) is 0.951. The second kappa shape index (κ2) is 8.40. The molecule has 24 heavy (non-hydrogen) atoms. The first kappa shape index (κ1) is 18.6. The number of hydrogen-bond acceptors (Lipinski definition) is 3. The van der Waals surface area contributed by atoms with E-state index < -0.39 is 0 Å². The van der Waals surface area contributed by atoms with Crippen LogP contribution in [0.2, 0.25) is 5.02 Å². The highest BCUT2D eigenvalue weighted by molar-refractivity contribution is 9.10. The molecule has 2 aromatic carbocycles. The van der Waals surface area contributed by atoms with E-state index in [1.54, 1.807) is 12.1 Å². The molecule has 0 aliphatic heterocycles. The summed E-state index contributed by atoms with van der Waals surface area (Å²) in [6.45, 7) is 3.82. The number of nitrogens with one attached hydrogen (secondary N) is 1. The number of anilines is 1. The fraction of sp³-hybridized carbons (Fsp3) is 0.278. The largest absolute Gasteiger partial charge is 0.495 e. The number of carbonyl (C=O) groups excluding carboxylic acids is 1. The first-order valence-corrected chi connectivity index (χ1v) is 8.67. The molecule has 1 N–H and O–H groups in total. The third kappa shape index (κ3) is 4.65. The van der Waals surface area contributed by atoms with Crippen molar-refractivity contribution < 1.29 is 14.3 Å². The van der Waals surface area contributed by atoms with Gasteiger partial charge in [-0.25, -0.2) is 0 Å². The zero-order valence-corrected chi connectivity index (χ0v) is 16.1. The molecule has 0 heterocycles. The van der Waals surface area contributed by atoms with E-state index >= 15 is 0 Å². The van der Waals surface area contributed by atoms with Crippen LogP contribution < -0.4 is 14.8 Å². The van der Waals surface area contributed by atoms with Crippen molar-refractivity contribution in [3.63, 3.8) is 0 Å². The monoisotopic (exact) mass is 411 g/mol. The lowest BCUT2D eigenvalue weighted by Crippen LogP contribution is -2.21. The molecule has 0 spiro atoms. The highest BCUT2D eigenvalue weighted by Crippen LogP contribution is 2.31. The first-order chi connectivity index (χ1) is 11.4. The Morgan fingerprint density at radius 1 is 1.25 bits per heavy atom. The smallest absolute Gasteiger partial charge is 0.262 e. The average molecular weight is 413 g/mol. The Kier molecular flexibility index (Phi) is 6.52. The third-order valence-electron chi connectivity index (χ3n) is 3.52. The van der Waals surface area contributed by atoms with E-state index in [-0.39, 0.29) is 12.5 Å². The summed E-state index contributed by atoms with van der Waals surface area (Å²) in [6.07, 6.45) is 0.820. The normalized spacial score (nSPS) is 10.4. The lowest BCUT2D eigenvalue weighted by molar-refractivity contribution is -0.118. The van der Waals surface area contributed by atoms with E-state index in [2.05, 4.69) is 21.2 Å². The van der Waals surface area contributed by atoms with Crippen LogP contribution in [0.3, 0.4) is 0 Å². The van der Waals surface area contributed by atoms with Crippen molar-refractivity contribution in [2.75, 3.05) is 19.0 Å². The third-order valence-corrected chi connectivity index (χ3v) is 4.42. The van der Waals surface area contributed by atoms with Gasteiger partial charge in [-0.1, -0.05) is 34.5 Å². The predicted molar refractivity (Wildman–Crippen MR) is 100 cm³/mol. The van der Waals surface area contributed by atoms with Crippen molar-refractivity contribution in [2.24, 2.45) is 0 Å². The maximum atomic E-state index is 12.2. The zero-order chi connectivity index (χ0) is 17.7. The second-order valence-electron chi connectivity index (χ2n) is 5.24. The van der Waals surface area contributed by atoms with Crippen LogP contribution in [0.15, 0.2) is 34.8 Å². The number of benzene rings is 2. The molecule has 2 aromatic rings. The van der Waals surface area contributed by atoms with Crippen LogP contribution in [0.1, 0.15) is 18.1 Å². The van der Waals surface area contributed by atoms with Crippen molar-refractivity contribution in [2.45, 2.75) is 20.3 Å². The number of rotatable bonds is 6. The Balaban J connectivity index is 2.05. The van der Waals surface area contributed by atoms with Gasteiger partial charge < -0.3 is 14.8 Å². The quantitative estimate of drug-likeness (QED) is 0.726. The average Bonchev–Trinajstić information content (AvgIpc) is 2.56. The minimum atomic E-state index is -0.264. The Labute approximate surface area is 155 Å². The Hall–Kier alpha value is -1.72. The van der Waals surface area contributed by atoms with Crippen LogP contribution in [-0.4, -0.2) is 19.6 Å². The Bertz CT molecular complexity index is 749. The van der Waals surface area contributed by atoms with Crippen molar-refractivity contribution in [1.82, 2.24) is 0 Å². The van der Waals surface area contributed by atoms with Crippen LogP contribution in [0.25, 0.3) is 0 Å². The summed E-state index contributed by atoms with van der Waals surface area (Å²) in [6, 6.07) is 9.17. The van der Waals surface area contributed by atoms with Gasteiger partial charge in [-0.15, -0.1) is 0 Å². The fourth-order valence-corrected chi connectivity index (χ4v) is 2.79. The van der Waals surface area contributed by atoms with Crippen LogP contribution in [0.5, 0.6) is 11.5 Å². The van der Waals surface area contributed by atoms with E-state index in [4.69, 9.17) is 21.1 Å². The Morgan fingerprint density at radius 2 is 2.00 bits per heavy atom. The Morgan fingerprint density at radius 3 is 2.67 bits per heavy atom. The molecule has 2 rings (SSSR count). The number of carbonyl (C=O) groups is 1. The highest BCUT2D eigenvalue weighted by atomic mass is 79.9. The van der Waals surface area contributed by atoms with E-state index in [9.17, 15) is 4.79 Å². The van der Waals surface area contributed by atoms with Gasteiger partial charge in [0.1, 0.15) is 11.5 Å². The van der Waals surface area contributed by atoms with Gasteiger partial charge in [0.25, 0.3) is 5.91 Å². The zero-order valence-electron chi connectivity index (χ0n) is 13.8. The standard InChI is InChI=1S/C18H19BrClNO3/c1-4-12-8-13(19)5-6-16(12)24-10-18(22)21-15-7-11(2)14(20)9-17(15)23-3/h5-9H,4,10H2,1-3H3,(H,21,22). The van der Waals surface area contributed by atoms with Crippen molar-refractivity contribution >= 4 is 39.1 Å². The predicted octanol–water partition coefficient (Wildman–Crippen LogP) is 5.00. The second-order valence-corrected chi connectivity index (χ2v) is 6.57. The SMILES string of the molecule is CCc1cc(Br)ccc1OCC(=O)Nc1cc(C)c(Cl)cc1OC. The van der Waals surface area contributed by atoms with Gasteiger partial charge in [-0.05, 0) is 48.7 Å². The lowest BCUT2D eigenvalue weighted by Gasteiger charge is -2.14. The number of aryl methyl sites for hydroxylation is 2. The van der Waals surface area contributed by atoms with Crippen LogP contribution in [-0.2, 0) is 11.2 Å². The summed E-state index contributed by atoms with van der Waals surface area (Å²) in [5.41, 5.74) is 2.46. The van der Waals surface area contributed by atoms with Gasteiger partial charge in [-0.3, -0.25) is 4.79 Å². The number of hydrogen-bond donors (Lipinski definition) is 1. The molecule has 0 unspecified atom stereocenters. The van der Waals surface area contributed by atoms with Crippen molar-refractivity contribution in [3.05, 3.63) is 51.0 Å². The summed E-state index contributed by atoms with van der Waals surface area (Å²) in [5, 5.41) is 3.38. The summed E-state index contributed by atoms with van der Waals surface area (Å²) in [4.78, 5) is 12.2. The molecule has 4 nitrogen and oxygen atoms in total. The molecule has 0 saturated heterocycles. The number of ether oxygens (including phenoxy) is 2. The lowest BCUT2D eigenvalue weighted by atomic mass is 10.1. The maximum Gasteiger partial charge on any atom is 0.262 e. The summed E-state index contributed by atoms with van der Waals surface area (Å²) in [7, 11) is 1.53. The van der Waals surface area contributed by atoms with Crippen molar-refractivity contribution in [3.8, 4) is 11.5 Å². The summed E-state index contributed by atoms with van der Waals surface area (Å²) < 4.78 is 11.9. The minimum Gasteiger partial charge on any atom is -0.495 e. The molecular formula is C18H19BrClNO3. The molecule has 1 amide bonds. The van der Waals surface area contributed by atoms with E-state index in [1.807, 2.05) is 32.0 Å². The summed E-state index contributed by atoms with van der Waals surface area (Å²) >= 11 is 9.50. The topological polar surface area (TPSA) is 47.6 Å². The van der Waals surface area contributed by atoms with Gasteiger partial charge in [0.2, 0.25) is 0 Å². The molecule has 0 aliphatic carbocycles. The molecule has 0 saturated carbocycles. The fourth-order valence-electron chi connectivity index (χ4n) is 2.22. The molecular weight excluding hydrogens is 394 g/mol. The van der Waals surface area contributed by atoms with Crippen LogP contribution in [0, 0.1) is 6.92 Å².